The Morgan fingerprint density at radius 3 is 2.19 bits per heavy atom. The highest BCUT2D eigenvalue weighted by Gasteiger charge is 2.27. The maximum atomic E-state index is 11.6. The van der Waals surface area contributed by atoms with Crippen LogP contribution in [0.25, 0.3) is 11.3 Å². The zero-order chi connectivity index (χ0) is 18.7. The van der Waals surface area contributed by atoms with Crippen molar-refractivity contribution in [2.75, 3.05) is 0 Å². The Labute approximate surface area is 150 Å². The second kappa shape index (κ2) is 7.19. The van der Waals surface area contributed by atoms with Crippen LogP contribution in [0.1, 0.15) is 0 Å². The fraction of sp³-hybridized carbons (Fsp3) is 0. The summed E-state index contributed by atoms with van der Waals surface area (Å²) in [6.07, 6.45) is 1.48. The number of nitrogens with zero attached hydrogens (tertiary/aromatic N) is 3. The molecule has 0 saturated heterocycles. The van der Waals surface area contributed by atoms with Crippen molar-refractivity contribution < 1.29 is 9.85 Å². The van der Waals surface area contributed by atoms with Crippen LogP contribution < -0.4 is 0 Å². The maximum absolute atomic E-state index is 11.6. The Balaban J connectivity index is 2.35. The number of benzene rings is 2. The molecule has 0 aliphatic heterocycles. The van der Waals surface area contributed by atoms with Gasteiger partial charge in [-0.1, -0.05) is 24.3 Å². The molecule has 0 bridgehead atoms. The minimum atomic E-state index is -1.36. The monoisotopic (exact) mass is 368 g/mol. The van der Waals surface area contributed by atoms with Gasteiger partial charge in [-0.25, -0.2) is 0 Å². The Kier molecular flexibility index (Phi) is 4.81. The molecule has 0 spiro atoms. The molecule has 8 nitrogen and oxygen atoms in total. The van der Waals surface area contributed by atoms with E-state index in [2.05, 4.69) is 4.98 Å². The first-order chi connectivity index (χ1) is 12.5. The number of nitro benzene ring substituents is 2. The van der Waals surface area contributed by atoms with Crippen LogP contribution in [0, 0.1) is 25.0 Å². The number of non-ortho nitro benzene ring substituents is 1. The molecule has 1 unspecified atom stereocenters. The van der Waals surface area contributed by atoms with E-state index >= 15 is 0 Å². The van der Waals surface area contributed by atoms with Gasteiger partial charge >= 0.3 is 0 Å². The summed E-state index contributed by atoms with van der Waals surface area (Å²) >= 11 is 0. The van der Waals surface area contributed by atoms with Crippen molar-refractivity contribution in [3.05, 3.63) is 87.1 Å². The van der Waals surface area contributed by atoms with E-state index in [0.29, 0.717) is 10.6 Å². The van der Waals surface area contributed by atoms with Gasteiger partial charge in [0.25, 0.3) is 11.4 Å². The number of nitrogens with one attached hydrogen (secondary N) is 1. The zero-order valence-corrected chi connectivity index (χ0v) is 14.1. The predicted molar refractivity (Wildman–Crippen MR) is 96.0 cm³/mol. The van der Waals surface area contributed by atoms with Gasteiger partial charge in [-0.05, 0) is 35.0 Å². The second-order valence-corrected chi connectivity index (χ2v) is 6.71. The van der Waals surface area contributed by atoms with Crippen LogP contribution in [-0.4, -0.2) is 14.8 Å². The fourth-order valence-corrected chi connectivity index (χ4v) is 3.78. The summed E-state index contributed by atoms with van der Waals surface area (Å²) in [7, 11) is -1.36. The van der Waals surface area contributed by atoms with Crippen LogP contribution in [0.5, 0.6) is 0 Å². The molecule has 0 radical (unpaired) electrons. The van der Waals surface area contributed by atoms with Gasteiger partial charge in [0.2, 0.25) is 0 Å². The Hall–Kier alpha value is -3.46. The van der Waals surface area contributed by atoms with Crippen molar-refractivity contribution in [3.63, 3.8) is 0 Å². The third kappa shape index (κ3) is 3.33. The normalized spacial score (nSPS) is 11.7. The second-order valence-electron chi connectivity index (χ2n) is 5.19. The number of hydrogen-bond donors (Lipinski definition) is 1. The summed E-state index contributed by atoms with van der Waals surface area (Å²) in [6.45, 7) is 0. The van der Waals surface area contributed by atoms with Crippen molar-refractivity contribution in [2.45, 2.75) is 9.79 Å². The maximum Gasteiger partial charge on any atom is 0.286 e. The number of rotatable bonds is 5. The summed E-state index contributed by atoms with van der Waals surface area (Å²) < 4.78 is 8.57. The van der Waals surface area contributed by atoms with Gasteiger partial charge in [0.1, 0.15) is 0 Å². The van der Waals surface area contributed by atoms with E-state index in [-0.39, 0.29) is 10.5 Å². The molecule has 130 valence electrons. The Bertz CT molecular complexity index is 1010. The molecule has 0 amide bonds. The number of aromatic nitrogens is 1. The lowest BCUT2D eigenvalue weighted by Crippen LogP contribution is -2.02. The van der Waals surface area contributed by atoms with Crippen molar-refractivity contribution in [1.29, 1.82) is 4.78 Å². The van der Waals surface area contributed by atoms with Gasteiger partial charge in [-0.3, -0.25) is 30.0 Å². The molecule has 0 saturated carbocycles. The highest BCUT2D eigenvalue weighted by Crippen LogP contribution is 2.39. The first-order valence-corrected chi connectivity index (χ1v) is 8.60. The van der Waals surface area contributed by atoms with Crippen LogP contribution in [0.2, 0.25) is 0 Å². The van der Waals surface area contributed by atoms with Crippen molar-refractivity contribution >= 4 is 22.1 Å². The van der Waals surface area contributed by atoms with E-state index in [4.69, 9.17) is 4.78 Å². The summed E-state index contributed by atoms with van der Waals surface area (Å²) in [5.74, 6) is 0. The average molecular weight is 368 g/mol. The molecule has 1 N–H and O–H groups in total. The van der Waals surface area contributed by atoms with E-state index in [9.17, 15) is 20.2 Å². The minimum Gasteiger partial charge on any atom is -0.271 e. The number of pyridine rings is 1. The number of nitro groups is 2. The van der Waals surface area contributed by atoms with Crippen molar-refractivity contribution in [3.8, 4) is 11.3 Å². The summed E-state index contributed by atoms with van der Waals surface area (Å²) in [4.78, 5) is 26.4. The largest absolute Gasteiger partial charge is 0.286 e. The molecule has 1 aromatic heterocycles. The van der Waals surface area contributed by atoms with Crippen LogP contribution in [0.15, 0.2) is 76.7 Å². The first-order valence-electron chi connectivity index (χ1n) is 7.38. The lowest BCUT2D eigenvalue weighted by atomic mass is 10.1. The summed E-state index contributed by atoms with van der Waals surface area (Å²) in [5.41, 5.74) is -0.436. The Morgan fingerprint density at radius 1 is 0.923 bits per heavy atom. The lowest BCUT2D eigenvalue weighted by Gasteiger charge is -2.12. The van der Waals surface area contributed by atoms with Gasteiger partial charge in [0, 0.05) is 22.1 Å². The molecule has 0 aliphatic rings. The highest BCUT2D eigenvalue weighted by molar-refractivity contribution is 7.86. The minimum absolute atomic E-state index is 0.128. The van der Waals surface area contributed by atoms with Gasteiger partial charge in [-0.2, -0.15) is 0 Å². The molecule has 0 fully saturated rings. The molecule has 1 heterocycles. The molecular weight excluding hydrogens is 356 g/mol. The molecule has 26 heavy (non-hydrogen) atoms. The van der Waals surface area contributed by atoms with E-state index in [1.54, 1.807) is 48.5 Å². The Morgan fingerprint density at radius 2 is 1.62 bits per heavy atom. The predicted octanol–water partition coefficient (Wildman–Crippen LogP) is 4.36. The molecular formula is C17H12N4O4S. The molecule has 3 rings (SSSR count). The molecule has 1 atom stereocenters. The van der Waals surface area contributed by atoms with E-state index < -0.39 is 31.9 Å². The van der Waals surface area contributed by atoms with E-state index in [1.807, 2.05) is 0 Å². The number of hydrogen-bond acceptors (Lipinski definition) is 6. The van der Waals surface area contributed by atoms with Gasteiger partial charge in [-0.15, -0.1) is 0 Å². The SMILES string of the molecule is N=S(c1ccccc1)c1cc([N+](=O)[O-])cc([N+](=O)[O-])c1-c1ccccn1. The lowest BCUT2D eigenvalue weighted by molar-refractivity contribution is -0.394. The molecule has 3 aromatic rings. The topological polar surface area (TPSA) is 123 Å². The first kappa shape index (κ1) is 17.4. The average Bonchev–Trinajstić information content (AvgIpc) is 2.67. The van der Waals surface area contributed by atoms with Crippen molar-refractivity contribution in [1.82, 2.24) is 4.98 Å². The van der Waals surface area contributed by atoms with Crippen LogP contribution in [0.4, 0.5) is 11.4 Å². The van der Waals surface area contributed by atoms with Crippen LogP contribution >= 0.6 is 0 Å². The zero-order valence-electron chi connectivity index (χ0n) is 13.2. The fourth-order valence-electron chi connectivity index (χ4n) is 2.45. The molecule has 9 heteroatoms. The molecule has 0 aliphatic carbocycles. The van der Waals surface area contributed by atoms with E-state index in [0.717, 1.165) is 6.07 Å². The van der Waals surface area contributed by atoms with Crippen LogP contribution in [-0.2, 0) is 10.7 Å². The summed E-state index contributed by atoms with van der Waals surface area (Å²) in [6, 6.07) is 15.8. The van der Waals surface area contributed by atoms with Gasteiger partial charge in [0.05, 0.1) is 27.2 Å². The van der Waals surface area contributed by atoms with Gasteiger partial charge in [0.15, 0.2) is 0 Å². The van der Waals surface area contributed by atoms with E-state index in [1.165, 1.54) is 12.3 Å². The third-order valence-electron chi connectivity index (χ3n) is 3.59. The highest BCUT2D eigenvalue weighted by atomic mass is 32.2. The van der Waals surface area contributed by atoms with Crippen LogP contribution in [0.3, 0.4) is 0 Å². The van der Waals surface area contributed by atoms with Gasteiger partial charge < -0.3 is 0 Å². The summed E-state index contributed by atoms with van der Waals surface area (Å²) in [5, 5.41) is 22.8. The standard InChI is InChI=1S/C17H12N4O4S/c18-26(13-6-2-1-3-7-13)16-11-12(20(22)23)10-15(21(24)25)17(16)14-8-4-5-9-19-14/h1-11,18H. The smallest absolute Gasteiger partial charge is 0.271 e. The quantitative estimate of drug-likeness (QED) is 0.529. The van der Waals surface area contributed by atoms with Crippen molar-refractivity contribution in [2.24, 2.45) is 0 Å². The molecule has 2 aromatic carbocycles. The third-order valence-corrected chi connectivity index (χ3v) is 5.10.